The summed E-state index contributed by atoms with van der Waals surface area (Å²) in [6.07, 6.45) is 1.38. The molecule has 0 spiro atoms. The molecule has 0 saturated heterocycles. The lowest BCUT2D eigenvalue weighted by atomic mass is 10.1. The van der Waals surface area contributed by atoms with E-state index in [4.69, 9.17) is 0 Å². The molecule has 0 aliphatic heterocycles. The Balaban J connectivity index is 1.79. The second-order valence-electron chi connectivity index (χ2n) is 8.31. The number of hydrogen-bond donors (Lipinski definition) is 0. The number of benzene rings is 2. The molecule has 1 amide bonds. The largest absolute Gasteiger partial charge is 0.416 e. The average molecular weight is 457 g/mol. The number of nitrogens with zero attached hydrogens (tertiary/aromatic N) is 2. The van der Waals surface area contributed by atoms with Gasteiger partial charge in [0.1, 0.15) is 0 Å². The summed E-state index contributed by atoms with van der Waals surface area (Å²) in [5, 5.41) is 0. The first-order valence-electron chi connectivity index (χ1n) is 11.5. The number of hydrogen-bond acceptors (Lipinski definition) is 1. The van der Waals surface area contributed by atoms with Gasteiger partial charge in [-0.1, -0.05) is 51.0 Å². The van der Waals surface area contributed by atoms with Crippen LogP contribution in [0.3, 0.4) is 0 Å². The van der Waals surface area contributed by atoms with Crippen LogP contribution in [0.25, 0.3) is 0 Å². The van der Waals surface area contributed by atoms with E-state index >= 15 is 0 Å². The van der Waals surface area contributed by atoms with E-state index in [2.05, 4.69) is 13.8 Å². The Morgan fingerprint density at radius 1 is 0.939 bits per heavy atom. The third-order valence-electron chi connectivity index (χ3n) is 5.81. The first kappa shape index (κ1) is 24.6. The van der Waals surface area contributed by atoms with Gasteiger partial charge in [-0.25, -0.2) is 0 Å². The van der Waals surface area contributed by atoms with Gasteiger partial charge in [-0.05, 0) is 60.4 Å². The van der Waals surface area contributed by atoms with Crippen LogP contribution in [-0.2, 0) is 25.7 Å². The summed E-state index contributed by atoms with van der Waals surface area (Å²) >= 11 is 0. The molecule has 176 valence electrons. The summed E-state index contributed by atoms with van der Waals surface area (Å²) in [6, 6.07) is 16.9. The minimum atomic E-state index is -4.37. The van der Waals surface area contributed by atoms with Crippen molar-refractivity contribution in [2.45, 2.75) is 58.8 Å². The molecule has 6 heteroatoms. The Hall–Kier alpha value is -3.02. The molecule has 0 radical (unpaired) electrons. The molecule has 0 saturated carbocycles. The van der Waals surface area contributed by atoms with E-state index in [9.17, 15) is 18.0 Å². The zero-order valence-electron chi connectivity index (χ0n) is 19.2. The summed E-state index contributed by atoms with van der Waals surface area (Å²) in [4.78, 5) is 15.1. The molecule has 0 unspecified atom stereocenters. The van der Waals surface area contributed by atoms with Crippen LogP contribution in [0.2, 0.25) is 0 Å². The Bertz CT molecular complexity index is 1040. The first-order valence-corrected chi connectivity index (χ1v) is 11.5. The summed E-state index contributed by atoms with van der Waals surface area (Å²) in [5.74, 6) is -0.0272. The summed E-state index contributed by atoms with van der Waals surface area (Å²) in [5.41, 5.74) is 2.64. The van der Waals surface area contributed by atoms with Crippen LogP contribution in [0.5, 0.6) is 0 Å². The predicted molar refractivity (Wildman–Crippen MR) is 125 cm³/mol. The van der Waals surface area contributed by atoms with Crippen LogP contribution in [-0.4, -0.2) is 21.9 Å². The van der Waals surface area contributed by atoms with E-state index in [1.807, 2.05) is 52.1 Å². The molecule has 0 N–H and O–H groups in total. The monoisotopic (exact) mass is 456 g/mol. The van der Waals surface area contributed by atoms with E-state index in [-0.39, 0.29) is 5.91 Å². The summed E-state index contributed by atoms with van der Waals surface area (Å²) in [7, 11) is 0. The molecule has 0 aliphatic carbocycles. The molecule has 33 heavy (non-hydrogen) atoms. The minimum Gasteiger partial charge on any atom is -0.345 e. The number of unbranched alkanes of at least 4 members (excludes halogenated alkanes) is 2. The molecule has 1 aromatic heterocycles. The number of aryl methyl sites for hydroxylation is 1. The van der Waals surface area contributed by atoms with Crippen LogP contribution < -0.4 is 0 Å². The fourth-order valence-electron chi connectivity index (χ4n) is 3.86. The van der Waals surface area contributed by atoms with Crippen molar-refractivity contribution in [1.29, 1.82) is 0 Å². The fourth-order valence-corrected chi connectivity index (χ4v) is 3.86. The second-order valence-corrected chi connectivity index (χ2v) is 8.31. The lowest BCUT2D eigenvalue weighted by molar-refractivity contribution is -0.137. The van der Waals surface area contributed by atoms with Gasteiger partial charge in [-0.2, -0.15) is 13.2 Å². The van der Waals surface area contributed by atoms with Crippen molar-refractivity contribution in [1.82, 2.24) is 9.47 Å². The third-order valence-corrected chi connectivity index (χ3v) is 5.81. The van der Waals surface area contributed by atoms with Gasteiger partial charge in [-0.3, -0.25) is 4.79 Å². The number of aromatic nitrogens is 1. The predicted octanol–water partition coefficient (Wildman–Crippen LogP) is 6.95. The highest BCUT2D eigenvalue weighted by Crippen LogP contribution is 2.29. The lowest BCUT2D eigenvalue weighted by Gasteiger charge is -2.24. The van der Waals surface area contributed by atoms with Crippen LogP contribution in [0.4, 0.5) is 13.2 Å². The Morgan fingerprint density at radius 3 is 2.36 bits per heavy atom. The van der Waals surface area contributed by atoms with Crippen molar-refractivity contribution in [2.75, 3.05) is 6.54 Å². The van der Waals surface area contributed by atoms with Crippen molar-refractivity contribution in [3.63, 3.8) is 0 Å². The fraction of sp³-hybridized carbons (Fsp3) is 0.370. The Morgan fingerprint density at radius 2 is 1.70 bits per heavy atom. The highest BCUT2D eigenvalue weighted by molar-refractivity contribution is 5.94. The highest BCUT2D eigenvalue weighted by Gasteiger charge is 2.30. The zero-order chi connectivity index (χ0) is 23.8. The van der Waals surface area contributed by atoms with E-state index < -0.39 is 11.7 Å². The van der Waals surface area contributed by atoms with Crippen molar-refractivity contribution < 1.29 is 18.0 Å². The number of alkyl halides is 3. The van der Waals surface area contributed by atoms with Gasteiger partial charge in [0, 0.05) is 30.5 Å². The van der Waals surface area contributed by atoms with Crippen LogP contribution >= 0.6 is 0 Å². The minimum absolute atomic E-state index is 0.0272. The van der Waals surface area contributed by atoms with Crippen LogP contribution in [0.1, 0.15) is 65.9 Å². The first-order chi connectivity index (χ1) is 15.8. The van der Waals surface area contributed by atoms with Gasteiger partial charge < -0.3 is 9.47 Å². The molecule has 2 aromatic carbocycles. The van der Waals surface area contributed by atoms with E-state index in [0.717, 1.165) is 37.4 Å². The van der Waals surface area contributed by atoms with Crippen molar-refractivity contribution >= 4 is 5.91 Å². The van der Waals surface area contributed by atoms with Crippen molar-refractivity contribution in [3.8, 4) is 0 Å². The standard InChI is InChI=1S/C27H31F3N2O/c1-3-5-6-16-32(26(33)23-14-12-21(4-2)13-15-23)20-25-11-8-17-31(25)19-22-9-7-10-24(18-22)27(28,29)30/h7-15,17-18H,3-6,16,19-20H2,1-2H3. The number of carbonyl (C=O) groups is 1. The summed E-state index contributed by atoms with van der Waals surface area (Å²) < 4.78 is 41.2. The normalized spacial score (nSPS) is 11.5. The average Bonchev–Trinajstić information content (AvgIpc) is 3.24. The molecule has 0 aliphatic rings. The molecule has 3 nitrogen and oxygen atoms in total. The van der Waals surface area contributed by atoms with Crippen molar-refractivity contribution in [2.24, 2.45) is 0 Å². The van der Waals surface area contributed by atoms with Crippen LogP contribution in [0, 0.1) is 0 Å². The zero-order valence-corrected chi connectivity index (χ0v) is 19.2. The van der Waals surface area contributed by atoms with Gasteiger partial charge in [0.25, 0.3) is 5.91 Å². The van der Waals surface area contributed by atoms with Crippen LogP contribution in [0.15, 0.2) is 66.9 Å². The molecule has 3 rings (SSSR count). The van der Waals surface area contributed by atoms with Gasteiger partial charge in [0.2, 0.25) is 0 Å². The highest BCUT2D eigenvalue weighted by atomic mass is 19.4. The molecule has 0 bridgehead atoms. The number of halogens is 3. The molecule has 3 aromatic rings. The van der Waals surface area contributed by atoms with E-state index in [0.29, 0.717) is 30.8 Å². The quantitative estimate of drug-likeness (QED) is 0.303. The molecule has 0 atom stereocenters. The SMILES string of the molecule is CCCCCN(Cc1cccn1Cc1cccc(C(F)(F)F)c1)C(=O)c1ccc(CC)cc1. The maximum atomic E-state index is 13.3. The number of amides is 1. The smallest absolute Gasteiger partial charge is 0.345 e. The summed E-state index contributed by atoms with van der Waals surface area (Å²) in [6.45, 7) is 5.55. The molecule has 1 heterocycles. The number of carbonyl (C=O) groups excluding carboxylic acids is 1. The molecule has 0 fully saturated rings. The van der Waals surface area contributed by atoms with Gasteiger partial charge >= 0.3 is 6.18 Å². The van der Waals surface area contributed by atoms with E-state index in [1.165, 1.54) is 17.7 Å². The lowest BCUT2D eigenvalue weighted by Crippen LogP contribution is -2.32. The van der Waals surface area contributed by atoms with Crippen molar-refractivity contribution in [3.05, 3.63) is 94.8 Å². The third kappa shape index (κ3) is 6.73. The van der Waals surface area contributed by atoms with Gasteiger partial charge in [-0.15, -0.1) is 0 Å². The Kier molecular flexibility index (Phi) is 8.37. The molecular formula is C27H31F3N2O. The van der Waals surface area contributed by atoms with Gasteiger partial charge in [0.05, 0.1) is 12.1 Å². The molecular weight excluding hydrogens is 425 g/mol. The maximum Gasteiger partial charge on any atom is 0.416 e. The topological polar surface area (TPSA) is 25.2 Å². The Labute approximate surface area is 193 Å². The second kappa shape index (κ2) is 11.2. The maximum absolute atomic E-state index is 13.3. The number of rotatable bonds is 10. The van der Waals surface area contributed by atoms with E-state index in [1.54, 1.807) is 6.07 Å². The van der Waals surface area contributed by atoms with Gasteiger partial charge in [0.15, 0.2) is 0 Å².